The zero-order valence-corrected chi connectivity index (χ0v) is 20.9. The van der Waals surface area contributed by atoms with Gasteiger partial charge in [-0.1, -0.05) is 6.07 Å². The number of nitriles is 1. The van der Waals surface area contributed by atoms with Crippen LogP contribution in [0.4, 0.5) is 4.39 Å². The number of rotatable bonds is 9. The van der Waals surface area contributed by atoms with Crippen LogP contribution < -0.4 is 4.74 Å². The van der Waals surface area contributed by atoms with Crippen LogP contribution in [0.1, 0.15) is 35.1 Å². The van der Waals surface area contributed by atoms with Crippen LogP contribution in [0.2, 0.25) is 0 Å². The molecule has 2 aromatic heterocycles. The number of aromatic nitrogens is 5. The van der Waals surface area contributed by atoms with Crippen LogP contribution in [0.15, 0.2) is 42.6 Å². The van der Waals surface area contributed by atoms with Crippen molar-refractivity contribution in [2.45, 2.75) is 33.0 Å². The fourth-order valence-corrected chi connectivity index (χ4v) is 4.25. The standard InChI is InChI=1S/C26H29FN8O2/c1-19-16-33(18-24-6-7-25(15-29-24)37-12-9-27)10-11-34(19)26(36)8-5-22-4-3-21(14-28)13-23(22)17-35-31-20(2)30-32-35/h3-8,13,15,19H,9-12,16-18H2,1-2H3. The molecule has 11 heteroatoms. The van der Waals surface area contributed by atoms with Crippen molar-refractivity contribution in [2.24, 2.45) is 0 Å². The van der Waals surface area contributed by atoms with Gasteiger partial charge in [-0.25, -0.2) is 4.39 Å². The molecule has 192 valence electrons. The second-order valence-electron chi connectivity index (χ2n) is 8.86. The van der Waals surface area contributed by atoms with Gasteiger partial charge < -0.3 is 9.64 Å². The Morgan fingerprint density at radius 2 is 2.14 bits per heavy atom. The topological polar surface area (TPSA) is 113 Å². The maximum absolute atomic E-state index is 13.0. The van der Waals surface area contributed by atoms with E-state index in [-0.39, 0.29) is 18.6 Å². The maximum Gasteiger partial charge on any atom is 0.246 e. The predicted molar refractivity (Wildman–Crippen MR) is 134 cm³/mol. The number of halogens is 1. The average Bonchev–Trinajstić information content (AvgIpc) is 3.31. The molecule has 1 amide bonds. The molecule has 1 aromatic carbocycles. The lowest BCUT2D eigenvalue weighted by Gasteiger charge is -2.39. The fraction of sp³-hybridized carbons (Fsp3) is 0.385. The number of hydrogen-bond acceptors (Lipinski definition) is 8. The van der Waals surface area contributed by atoms with Crippen molar-refractivity contribution in [3.05, 3.63) is 70.8 Å². The summed E-state index contributed by atoms with van der Waals surface area (Å²) in [5, 5.41) is 21.4. The Hall–Kier alpha value is -4.17. The molecule has 0 radical (unpaired) electrons. The van der Waals surface area contributed by atoms with Crippen molar-refractivity contribution in [3.63, 3.8) is 0 Å². The van der Waals surface area contributed by atoms with Crippen LogP contribution >= 0.6 is 0 Å². The lowest BCUT2D eigenvalue weighted by Crippen LogP contribution is -2.53. The number of amides is 1. The SMILES string of the molecule is Cc1nnn(Cc2cc(C#N)ccc2C=CC(=O)N2CCN(Cc3ccc(OCCF)cn3)CC2C)n1. The number of pyridine rings is 1. The van der Waals surface area contributed by atoms with Crippen LogP contribution in [0, 0.1) is 18.3 Å². The highest BCUT2D eigenvalue weighted by atomic mass is 19.1. The Morgan fingerprint density at radius 3 is 2.81 bits per heavy atom. The first-order valence-corrected chi connectivity index (χ1v) is 12.1. The summed E-state index contributed by atoms with van der Waals surface area (Å²) in [6.07, 6.45) is 4.96. The number of piperazine rings is 1. The quantitative estimate of drug-likeness (QED) is 0.408. The molecule has 3 heterocycles. The highest BCUT2D eigenvalue weighted by Crippen LogP contribution is 2.18. The van der Waals surface area contributed by atoms with Gasteiger partial charge in [0, 0.05) is 38.3 Å². The van der Waals surface area contributed by atoms with E-state index in [2.05, 4.69) is 31.4 Å². The molecular weight excluding hydrogens is 475 g/mol. The second kappa shape index (κ2) is 12.2. The molecule has 1 aliphatic rings. The van der Waals surface area contributed by atoms with Gasteiger partial charge in [0.15, 0.2) is 5.82 Å². The van der Waals surface area contributed by atoms with Crippen molar-refractivity contribution >= 4 is 12.0 Å². The van der Waals surface area contributed by atoms with Gasteiger partial charge in [-0.05, 0) is 60.5 Å². The fourth-order valence-electron chi connectivity index (χ4n) is 4.25. The molecule has 0 saturated carbocycles. The lowest BCUT2D eigenvalue weighted by atomic mass is 10.0. The Kier molecular flexibility index (Phi) is 8.53. The first-order valence-electron chi connectivity index (χ1n) is 12.1. The monoisotopic (exact) mass is 504 g/mol. The molecule has 0 aliphatic carbocycles. The van der Waals surface area contributed by atoms with Gasteiger partial charge in [-0.2, -0.15) is 10.1 Å². The number of benzene rings is 1. The summed E-state index contributed by atoms with van der Waals surface area (Å²) in [5.74, 6) is 1.05. The predicted octanol–water partition coefficient (Wildman–Crippen LogP) is 2.39. The van der Waals surface area contributed by atoms with Crippen LogP contribution in [-0.2, 0) is 17.9 Å². The molecule has 37 heavy (non-hydrogen) atoms. The summed E-state index contributed by atoms with van der Waals surface area (Å²) >= 11 is 0. The van der Waals surface area contributed by atoms with Crippen LogP contribution in [-0.4, -0.2) is 79.9 Å². The molecule has 0 bridgehead atoms. The molecule has 1 aliphatic heterocycles. The van der Waals surface area contributed by atoms with E-state index in [4.69, 9.17) is 4.74 Å². The number of carbonyl (C=O) groups is 1. The number of ether oxygens (including phenoxy) is 1. The summed E-state index contributed by atoms with van der Waals surface area (Å²) in [7, 11) is 0. The van der Waals surface area contributed by atoms with E-state index in [1.807, 2.05) is 24.0 Å². The minimum Gasteiger partial charge on any atom is -0.489 e. The molecule has 1 fully saturated rings. The molecular formula is C26H29FN8O2. The number of carbonyl (C=O) groups excluding carboxylic acids is 1. The number of aryl methyl sites for hydroxylation is 1. The molecule has 0 spiro atoms. The first-order chi connectivity index (χ1) is 17.9. The van der Waals surface area contributed by atoms with E-state index in [1.54, 1.807) is 43.5 Å². The zero-order chi connectivity index (χ0) is 26.2. The van der Waals surface area contributed by atoms with Crippen molar-refractivity contribution in [3.8, 4) is 11.8 Å². The third-order valence-corrected chi connectivity index (χ3v) is 6.07. The van der Waals surface area contributed by atoms with Crippen molar-refractivity contribution < 1.29 is 13.9 Å². The zero-order valence-electron chi connectivity index (χ0n) is 20.9. The van der Waals surface area contributed by atoms with E-state index in [0.717, 1.165) is 29.9 Å². The Bertz CT molecular complexity index is 1280. The third kappa shape index (κ3) is 6.95. The Morgan fingerprint density at radius 1 is 1.27 bits per heavy atom. The molecule has 10 nitrogen and oxygen atoms in total. The van der Waals surface area contributed by atoms with E-state index in [9.17, 15) is 14.4 Å². The third-order valence-electron chi connectivity index (χ3n) is 6.07. The van der Waals surface area contributed by atoms with Crippen LogP contribution in [0.5, 0.6) is 5.75 Å². The lowest BCUT2D eigenvalue weighted by molar-refractivity contribution is -0.130. The molecule has 0 N–H and O–H groups in total. The number of tetrazole rings is 1. The van der Waals surface area contributed by atoms with Gasteiger partial charge in [-0.15, -0.1) is 10.2 Å². The van der Waals surface area contributed by atoms with Gasteiger partial charge in [0.2, 0.25) is 5.91 Å². The summed E-state index contributed by atoms with van der Waals surface area (Å²) < 4.78 is 17.5. The molecule has 1 unspecified atom stereocenters. The molecule has 1 atom stereocenters. The number of alkyl halides is 1. The van der Waals surface area contributed by atoms with Gasteiger partial charge in [-0.3, -0.25) is 14.7 Å². The number of nitrogens with zero attached hydrogens (tertiary/aromatic N) is 8. The smallest absolute Gasteiger partial charge is 0.246 e. The van der Waals surface area contributed by atoms with Crippen molar-refractivity contribution in [1.82, 2.24) is 35.0 Å². The summed E-state index contributed by atoms with van der Waals surface area (Å²) in [6.45, 7) is 6.34. The van der Waals surface area contributed by atoms with Gasteiger partial charge in [0.1, 0.15) is 19.0 Å². The maximum atomic E-state index is 13.0. The van der Waals surface area contributed by atoms with E-state index in [0.29, 0.717) is 36.8 Å². The average molecular weight is 505 g/mol. The highest BCUT2D eigenvalue weighted by molar-refractivity contribution is 5.92. The highest BCUT2D eigenvalue weighted by Gasteiger charge is 2.26. The second-order valence-corrected chi connectivity index (χ2v) is 8.86. The summed E-state index contributed by atoms with van der Waals surface area (Å²) in [5.41, 5.74) is 3.06. The molecule has 3 aromatic rings. The number of hydrogen-bond donors (Lipinski definition) is 0. The van der Waals surface area contributed by atoms with E-state index < -0.39 is 6.67 Å². The minimum absolute atomic E-state index is 0.0220. The molecule has 1 saturated heterocycles. The minimum atomic E-state index is -0.535. The summed E-state index contributed by atoms with van der Waals surface area (Å²) in [6, 6.07) is 11.2. The normalized spacial score (nSPS) is 16.2. The first kappa shape index (κ1) is 25.9. The van der Waals surface area contributed by atoms with Crippen molar-refractivity contribution in [2.75, 3.05) is 32.9 Å². The molecule has 4 rings (SSSR count). The van der Waals surface area contributed by atoms with E-state index in [1.165, 1.54) is 4.80 Å². The van der Waals surface area contributed by atoms with Gasteiger partial charge >= 0.3 is 0 Å². The van der Waals surface area contributed by atoms with E-state index >= 15 is 0 Å². The van der Waals surface area contributed by atoms with Crippen LogP contribution in [0.25, 0.3) is 6.08 Å². The Balaban J connectivity index is 1.36. The Labute approximate surface area is 215 Å². The largest absolute Gasteiger partial charge is 0.489 e. The van der Waals surface area contributed by atoms with Crippen LogP contribution in [0.3, 0.4) is 0 Å². The van der Waals surface area contributed by atoms with Gasteiger partial charge in [0.05, 0.1) is 30.1 Å². The van der Waals surface area contributed by atoms with Gasteiger partial charge in [0.25, 0.3) is 0 Å². The summed E-state index contributed by atoms with van der Waals surface area (Å²) in [4.78, 5) is 23.0. The van der Waals surface area contributed by atoms with Crippen molar-refractivity contribution in [1.29, 1.82) is 5.26 Å².